The molecule has 0 spiro atoms. The Kier molecular flexibility index (Phi) is 8.79. The van der Waals surface area contributed by atoms with Crippen molar-refractivity contribution in [1.82, 2.24) is 10.2 Å². The molecule has 0 aliphatic carbocycles. The predicted octanol–water partition coefficient (Wildman–Crippen LogP) is 4.04. The van der Waals surface area contributed by atoms with Crippen LogP contribution >= 0.6 is 27.5 Å². The third-order valence-electron chi connectivity index (χ3n) is 4.36. The van der Waals surface area contributed by atoms with Crippen LogP contribution in [-0.2, 0) is 16.1 Å². The second kappa shape index (κ2) is 11.1. The summed E-state index contributed by atoms with van der Waals surface area (Å²) in [7, 11) is 3.13. The zero-order valence-corrected chi connectivity index (χ0v) is 18.9. The van der Waals surface area contributed by atoms with Gasteiger partial charge in [0, 0.05) is 18.1 Å². The number of hydrogen-bond acceptors (Lipinski definition) is 4. The van der Waals surface area contributed by atoms with Gasteiger partial charge in [0.2, 0.25) is 5.91 Å². The highest BCUT2D eigenvalue weighted by Crippen LogP contribution is 2.28. The summed E-state index contributed by atoms with van der Waals surface area (Å²) in [5.74, 6) is 0.533. The fraction of sp³-hybridized carbons (Fsp3) is 0.333. The summed E-state index contributed by atoms with van der Waals surface area (Å²) in [5.41, 5.74) is 0.849. The summed E-state index contributed by atoms with van der Waals surface area (Å²) in [6.07, 6.45) is 0.467. The molecular weight excluding hydrogens is 460 g/mol. The normalized spacial score (nSPS) is 11.5. The minimum absolute atomic E-state index is 0.231. The Labute approximate surface area is 184 Å². The van der Waals surface area contributed by atoms with E-state index < -0.39 is 6.04 Å². The Bertz CT molecular complexity index is 862. The summed E-state index contributed by atoms with van der Waals surface area (Å²) in [4.78, 5) is 26.9. The van der Waals surface area contributed by atoms with E-state index in [1.54, 1.807) is 32.4 Å². The molecule has 156 valence electrons. The second-order valence-corrected chi connectivity index (χ2v) is 7.60. The molecular formula is C21H24BrClN2O4. The molecule has 0 bridgehead atoms. The van der Waals surface area contributed by atoms with Crippen LogP contribution in [0.1, 0.15) is 18.9 Å². The number of benzene rings is 2. The van der Waals surface area contributed by atoms with E-state index in [0.717, 1.165) is 10.0 Å². The van der Waals surface area contributed by atoms with E-state index >= 15 is 0 Å². The highest BCUT2D eigenvalue weighted by Gasteiger charge is 2.28. The van der Waals surface area contributed by atoms with Crippen molar-refractivity contribution in [3.8, 4) is 11.5 Å². The summed E-state index contributed by atoms with van der Waals surface area (Å²) in [5, 5.41) is 3.02. The first-order valence-electron chi connectivity index (χ1n) is 9.11. The van der Waals surface area contributed by atoms with Crippen molar-refractivity contribution in [1.29, 1.82) is 0 Å². The predicted molar refractivity (Wildman–Crippen MR) is 116 cm³/mol. The van der Waals surface area contributed by atoms with Gasteiger partial charge in [-0.15, -0.1) is 0 Å². The van der Waals surface area contributed by atoms with Gasteiger partial charge in [0.25, 0.3) is 5.91 Å². The van der Waals surface area contributed by atoms with Crippen molar-refractivity contribution in [2.75, 3.05) is 20.8 Å². The molecule has 2 rings (SSSR count). The van der Waals surface area contributed by atoms with Crippen molar-refractivity contribution >= 4 is 39.3 Å². The van der Waals surface area contributed by atoms with E-state index in [-0.39, 0.29) is 25.0 Å². The van der Waals surface area contributed by atoms with Crippen LogP contribution in [0, 0.1) is 0 Å². The van der Waals surface area contributed by atoms with Crippen LogP contribution in [-0.4, -0.2) is 43.5 Å². The van der Waals surface area contributed by atoms with Gasteiger partial charge < -0.3 is 19.7 Å². The standard InChI is InChI=1S/C21H24BrClN2O4/c1-4-18(21(27)24-2)25(12-14-6-5-7-16(10-14)28-3)20(26)13-29-19-9-8-15(22)11-17(19)23/h5-11,18H,4,12-13H2,1-3H3,(H,24,27). The number of carbonyl (C=O) groups is 2. The molecule has 0 radical (unpaired) electrons. The lowest BCUT2D eigenvalue weighted by Gasteiger charge is -2.30. The average molecular weight is 484 g/mol. The summed E-state index contributed by atoms with van der Waals surface area (Å²) < 4.78 is 11.7. The monoisotopic (exact) mass is 482 g/mol. The molecule has 0 aliphatic rings. The average Bonchev–Trinajstić information content (AvgIpc) is 2.72. The zero-order chi connectivity index (χ0) is 21.4. The van der Waals surface area contributed by atoms with Gasteiger partial charge in [0.15, 0.2) is 6.61 Å². The maximum atomic E-state index is 13.0. The number of ether oxygens (including phenoxy) is 2. The number of methoxy groups -OCH3 is 1. The molecule has 0 heterocycles. The van der Waals surface area contributed by atoms with Gasteiger partial charge in [-0.3, -0.25) is 9.59 Å². The number of likely N-dealkylation sites (N-methyl/N-ethyl adjacent to an activating group) is 1. The molecule has 1 unspecified atom stereocenters. The Morgan fingerprint density at radius 1 is 1.24 bits per heavy atom. The number of halogens is 2. The van der Waals surface area contributed by atoms with Crippen LogP contribution in [0.25, 0.3) is 0 Å². The summed E-state index contributed by atoms with van der Waals surface area (Å²) in [6, 6.07) is 11.9. The van der Waals surface area contributed by atoms with Gasteiger partial charge in [-0.1, -0.05) is 46.6 Å². The summed E-state index contributed by atoms with van der Waals surface area (Å²) >= 11 is 9.49. The quantitative estimate of drug-likeness (QED) is 0.584. The van der Waals surface area contributed by atoms with Crippen LogP contribution in [0.5, 0.6) is 11.5 Å². The smallest absolute Gasteiger partial charge is 0.261 e. The third-order valence-corrected chi connectivity index (χ3v) is 5.15. The highest BCUT2D eigenvalue weighted by molar-refractivity contribution is 9.10. The molecule has 0 aliphatic heterocycles. The Morgan fingerprint density at radius 3 is 2.62 bits per heavy atom. The molecule has 2 aromatic rings. The van der Waals surface area contributed by atoms with E-state index in [4.69, 9.17) is 21.1 Å². The molecule has 8 heteroatoms. The minimum Gasteiger partial charge on any atom is -0.497 e. The number of hydrogen-bond donors (Lipinski definition) is 1. The van der Waals surface area contributed by atoms with E-state index in [2.05, 4.69) is 21.2 Å². The van der Waals surface area contributed by atoms with Crippen LogP contribution in [0.3, 0.4) is 0 Å². The number of amides is 2. The molecule has 0 saturated carbocycles. The number of nitrogens with one attached hydrogen (secondary N) is 1. The van der Waals surface area contributed by atoms with E-state index in [1.165, 1.54) is 4.90 Å². The Balaban J connectivity index is 2.22. The molecule has 0 saturated heterocycles. The van der Waals surface area contributed by atoms with Crippen molar-refractivity contribution < 1.29 is 19.1 Å². The summed E-state index contributed by atoms with van der Waals surface area (Å²) in [6.45, 7) is 1.87. The molecule has 1 N–H and O–H groups in total. The van der Waals surface area contributed by atoms with Gasteiger partial charge in [0.1, 0.15) is 17.5 Å². The largest absolute Gasteiger partial charge is 0.497 e. The maximum absolute atomic E-state index is 13.0. The molecule has 0 fully saturated rings. The number of nitrogens with zero attached hydrogens (tertiary/aromatic N) is 1. The van der Waals surface area contributed by atoms with E-state index in [9.17, 15) is 9.59 Å². The second-order valence-electron chi connectivity index (χ2n) is 6.27. The fourth-order valence-electron chi connectivity index (χ4n) is 2.87. The van der Waals surface area contributed by atoms with Gasteiger partial charge in [0.05, 0.1) is 12.1 Å². The fourth-order valence-corrected chi connectivity index (χ4v) is 3.60. The molecule has 1 atom stereocenters. The van der Waals surface area contributed by atoms with E-state index in [0.29, 0.717) is 22.9 Å². The molecule has 2 aromatic carbocycles. The Hall–Kier alpha value is -2.25. The van der Waals surface area contributed by atoms with Crippen LogP contribution < -0.4 is 14.8 Å². The first kappa shape index (κ1) is 23.0. The highest BCUT2D eigenvalue weighted by atomic mass is 79.9. The zero-order valence-electron chi connectivity index (χ0n) is 16.6. The SMILES string of the molecule is CCC(C(=O)NC)N(Cc1cccc(OC)c1)C(=O)COc1ccc(Br)cc1Cl. The van der Waals surface area contributed by atoms with Crippen molar-refractivity contribution in [2.45, 2.75) is 25.9 Å². The lowest BCUT2D eigenvalue weighted by Crippen LogP contribution is -2.49. The van der Waals surface area contributed by atoms with Gasteiger partial charge >= 0.3 is 0 Å². The molecule has 0 aromatic heterocycles. The van der Waals surface area contributed by atoms with E-state index in [1.807, 2.05) is 31.2 Å². The lowest BCUT2D eigenvalue weighted by atomic mass is 10.1. The van der Waals surface area contributed by atoms with Gasteiger partial charge in [-0.2, -0.15) is 0 Å². The first-order valence-corrected chi connectivity index (χ1v) is 10.3. The number of carbonyl (C=O) groups excluding carboxylic acids is 2. The van der Waals surface area contributed by atoms with Crippen LogP contribution in [0.15, 0.2) is 46.9 Å². The Morgan fingerprint density at radius 2 is 2.00 bits per heavy atom. The van der Waals surface area contributed by atoms with Gasteiger partial charge in [-0.05, 0) is 42.3 Å². The lowest BCUT2D eigenvalue weighted by molar-refractivity contribution is -0.142. The van der Waals surface area contributed by atoms with Gasteiger partial charge in [-0.25, -0.2) is 0 Å². The van der Waals surface area contributed by atoms with Crippen LogP contribution in [0.2, 0.25) is 5.02 Å². The van der Waals surface area contributed by atoms with Crippen LogP contribution in [0.4, 0.5) is 0 Å². The van der Waals surface area contributed by atoms with Crippen molar-refractivity contribution in [3.63, 3.8) is 0 Å². The topological polar surface area (TPSA) is 67.9 Å². The third kappa shape index (κ3) is 6.37. The van der Waals surface area contributed by atoms with Crippen molar-refractivity contribution in [2.24, 2.45) is 0 Å². The maximum Gasteiger partial charge on any atom is 0.261 e. The number of rotatable bonds is 9. The first-order chi connectivity index (χ1) is 13.9. The molecule has 2 amide bonds. The molecule has 29 heavy (non-hydrogen) atoms. The minimum atomic E-state index is -0.623. The van der Waals surface area contributed by atoms with Crippen molar-refractivity contribution in [3.05, 3.63) is 57.5 Å². The molecule has 6 nitrogen and oxygen atoms in total.